The van der Waals surface area contributed by atoms with Gasteiger partial charge in [0.2, 0.25) is 5.91 Å². The van der Waals surface area contributed by atoms with Gasteiger partial charge in [0.25, 0.3) is 5.91 Å². The van der Waals surface area contributed by atoms with Crippen molar-refractivity contribution in [3.8, 4) is 22.9 Å². The number of carbonyl (C=O) groups is 3. The molecule has 0 aliphatic carbocycles. The number of ether oxygens (including phenoxy) is 2. The summed E-state index contributed by atoms with van der Waals surface area (Å²) in [6, 6.07) is 13.1. The van der Waals surface area contributed by atoms with Gasteiger partial charge in [-0.1, -0.05) is 0 Å². The van der Waals surface area contributed by atoms with E-state index in [2.05, 4.69) is 20.3 Å². The van der Waals surface area contributed by atoms with Crippen LogP contribution in [0.1, 0.15) is 53.8 Å². The minimum Gasteiger partial charge on any atom is -0.466 e. The second-order valence-electron chi connectivity index (χ2n) is 9.70. The molecule has 0 radical (unpaired) electrons. The Morgan fingerprint density at radius 3 is 2.65 bits per heavy atom. The Labute approximate surface area is 231 Å². The second-order valence-corrected chi connectivity index (χ2v) is 9.70. The van der Waals surface area contributed by atoms with Crippen molar-refractivity contribution in [2.24, 2.45) is 0 Å². The number of hydrogen-bond donors (Lipinski definition) is 2. The van der Waals surface area contributed by atoms with Gasteiger partial charge in [0.05, 0.1) is 42.2 Å². The van der Waals surface area contributed by atoms with Gasteiger partial charge >= 0.3 is 5.97 Å². The molecule has 1 fully saturated rings. The number of fused-ring (bicyclic) bond motifs is 1. The molecule has 4 heterocycles. The van der Waals surface area contributed by atoms with E-state index in [1.54, 1.807) is 30.2 Å². The highest BCUT2D eigenvalue weighted by Gasteiger charge is 2.31. The van der Waals surface area contributed by atoms with Crippen LogP contribution < -0.4 is 10.1 Å². The van der Waals surface area contributed by atoms with Crippen molar-refractivity contribution >= 4 is 28.7 Å². The molecule has 0 bridgehead atoms. The Hall–Kier alpha value is -4.73. The summed E-state index contributed by atoms with van der Waals surface area (Å²) in [4.78, 5) is 50.2. The molecule has 40 heavy (non-hydrogen) atoms. The maximum absolute atomic E-state index is 12.4. The predicted octanol–water partition coefficient (Wildman–Crippen LogP) is 4.70. The fraction of sp³-hybridized carbons (Fsp3) is 0.300. The number of esters is 1. The van der Waals surface area contributed by atoms with Crippen molar-refractivity contribution in [2.45, 2.75) is 39.2 Å². The third-order valence-corrected chi connectivity index (χ3v) is 6.94. The molecule has 10 heteroatoms. The first kappa shape index (κ1) is 26.9. The Balaban J connectivity index is 1.39. The molecule has 2 N–H and O–H groups in total. The molecule has 1 atom stereocenters. The number of amides is 2. The van der Waals surface area contributed by atoms with E-state index in [0.29, 0.717) is 42.2 Å². The number of likely N-dealkylation sites (tertiary alicyclic amines) is 1. The highest BCUT2D eigenvalue weighted by molar-refractivity contribution is 5.94. The van der Waals surface area contributed by atoms with Gasteiger partial charge in [0.15, 0.2) is 0 Å². The first-order valence-corrected chi connectivity index (χ1v) is 13.3. The fourth-order valence-electron chi connectivity index (χ4n) is 4.77. The fourth-order valence-corrected chi connectivity index (χ4v) is 4.77. The molecule has 2 amide bonds. The van der Waals surface area contributed by atoms with Crippen LogP contribution in [-0.2, 0) is 14.3 Å². The summed E-state index contributed by atoms with van der Waals surface area (Å²) < 4.78 is 11.2. The average molecular weight is 542 g/mol. The van der Waals surface area contributed by atoms with E-state index in [4.69, 9.17) is 9.47 Å². The van der Waals surface area contributed by atoms with Crippen LogP contribution in [0.3, 0.4) is 0 Å². The van der Waals surface area contributed by atoms with Gasteiger partial charge in [-0.25, -0.2) is 0 Å². The molecule has 1 aliphatic heterocycles. The van der Waals surface area contributed by atoms with E-state index >= 15 is 0 Å². The molecule has 206 valence electrons. The van der Waals surface area contributed by atoms with Crippen molar-refractivity contribution in [1.82, 2.24) is 25.2 Å². The number of hydrogen-bond acceptors (Lipinski definition) is 7. The lowest BCUT2D eigenvalue weighted by Gasteiger charge is -2.23. The summed E-state index contributed by atoms with van der Waals surface area (Å²) in [5.41, 5.74) is 4.53. The third kappa shape index (κ3) is 5.80. The van der Waals surface area contributed by atoms with Crippen molar-refractivity contribution in [3.63, 3.8) is 0 Å². The number of nitrogens with one attached hydrogen (secondary N) is 2. The van der Waals surface area contributed by atoms with Crippen molar-refractivity contribution in [2.75, 3.05) is 20.2 Å². The van der Waals surface area contributed by atoms with Crippen molar-refractivity contribution in [1.29, 1.82) is 0 Å². The lowest BCUT2D eigenvalue weighted by molar-refractivity contribution is -0.142. The van der Waals surface area contributed by atoms with Crippen LogP contribution in [0.5, 0.6) is 11.5 Å². The Bertz CT molecular complexity index is 1550. The van der Waals surface area contributed by atoms with E-state index in [0.717, 1.165) is 27.9 Å². The molecular weight excluding hydrogens is 510 g/mol. The number of rotatable bonds is 9. The van der Waals surface area contributed by atoms with Crippen LogP contribution in [0, 0.1) is 6.92 Å². The van der Waals surface area contributed by atoms with Crippen molar-refractivity contribution in [3.05, 3.63) is 71.7 Å². The number of aryl methyl sites for hydroxylation is 1. The molecule has 1 aromatic carbocycles. The van der Waals surface area contributed by atoms with Crippen LogP contribution in [0.25, 0.3) is 22.3 Å². The number of carbonyl (C=O) groups excluding carboxylic acids is 3. The van der Waals surface area contributed by atoms with E-state index < -0.39 is 0 Å². The van der Waals surface area contributed by atoms with E-state index in [1.165, 1.54) is 6.20 Å². The van der Waals surface area contributed by atoms with Crippen LogP contribution >= 0.6 is 0 Å². The second kappa shape index (κ2) is 11.6. The standard InChI is InChI=1S/C30H31N5O5/c1-4-39-29(37)11-12-31-30(38)19-6-8-23(33-16-19)25-13-20-14-27(40-21-7-5-18(2)32-17-21)22(15-24(20)34-25)26-9-10-28(36)35(26)3/h5-8,13-17,26,34H,4,9-12H2,1-3H3,(H,31,38). The Kier molecular flexibility index (Phi) is 7.77. The topological polar surface area (TPSA) is 127 Å². The number of benzene rings is 1. The largest absolute Gasteiger partial charge is 0.466 e. The van der Waals surface area contributed by atoms with Gasteiger partial charge in [-0.05, 0) is 62.7 Å². The Morgan fingerprint density at radius 2 is 1.98 bits per heavy atom. The molecule has 0 saturated carbocycles. The molecule has 0 spiro atoms. The molecule has 1 saturated heterocycles. The van der Waals surface area contributed by atoms with Gasteiger partial charge in [-0.3, -0.25) is 24.4 Å². The maximum atomic E-state index is 12.4. The van der Waals surface area contributed by atoms with Gasteiger partial charge in [0.1, 0.15) is 11.5 Å². The normalized spacial score (nSPS) is 14.9. The van der Waals surface area contributed by atoms with E-state index in [1.807, 2.05) is 44.3 Å². The third-order valence-electron chi connectivity index (χ3n) is 6.94. The zero-order chi connectivity index (χ0) is 28.2. The molecule has 5 rings (SSSR count). The summed E-state index contributed by atoms with van der Waals surface area (Å²) in [6.45, 7) is 4.15. The number of nitrogens with zero attached hydrogens (tertiary/aromatic N) is 3. The number of aromatic nitrogens is 3. The van der Waals surface area contributed by atoms with Gasteiger partial charge < -0.3 is 24.7 Å². The highest BCUT2D eigenvalue weighted by Crippen LogP contribution is 2.41. The van der Waals surface area contributed by atoms with Crippen LogP contribution in [0.2, 0.25) is 0 Å². The highest BCUT2D eigenvalue weighted by atomic mass is 16.5. The molecule has 4 aromatic rings. The molecule has 1 unspecified atom stereocenters. The minimum atomic E-state index is -0.353. The SMILES string of the molecule is CCOC(=O)CCNC(=O)c1ccc(-c2cc3cc(Oc4ccc(C)nc4)c(C4CCC(=O)N4C)cc3[nH]2)nc1. The van der Waals surface area contributed by atoms with Gasteiger partial charge in [0, 0.05) is 48.4 Å². The van der Waals surface area contributed by atoms with Crippen LogP contribution in [0.15, 0.2) is 54.9 Å². The molecule has 3 aromatic heterocycles. The minimum absolute atomic E-state index is 0.100. The summed E-state index contributed by atoms with van der Waals surface area (Å²) >= 11 is 0. The summed E-state index contributed by atoms with van der Waals surface area (Å²) in [7, 11) is 1.82. The monoisotopic (exact) mass is 541 g/mol. The summed E-state index contributed by atoms with van der Waals surface area (Å²) in [5.74, 6) is 0.722. The smallest absolute Gasteiger partial charge is 0.307 e. The van der Waals surface area contributed by atoms with Crippen LogP contribution in [0.4, 0.5) is 0 Å². The first-order valence-electron chi connectivity index (χ1n) is 13.3. The molecule has 1 aliphatic rings. The average Bonchev–Trinajstić information content (AvgIpc) is 3.52. The lowest BCUT2D eigenvalue weighted by Crippen LogP contribution is -2.26. The number of H-pyrrole nitrogens is 1. The quantitative estimate of drug-likeness (QED) is 0.294. The predicted molar refractivity (Wildman–Crippen MR) is 149 cm³/mol. The molecule has 10 nitrogen and oxygen atoms in total. The van der Waals surface area contributed by atoms with Crippen LogP contribution in [-0.4, -0.2) is 57.8 Å². The van der Waals surface area contributed by atoms with E-state index in [9.17, 15) is 14.4 Å². The van der Waals surface area contributed by atoms with Gasteiger partial charge in [-0.2, -0.15) is 0 Å². The lowest BCUT2D eigenvalue weighted by atomic mass is 10.0. The van der Waals surface area contributed by atoms with Crippen molar-refractivity contribution < 1.29 is 23.9 Å². The molecular formula is C30H31N5O5. The van der Waals surface area contributed by atoms with Gasteiger partial charge in [-0.15, -0.1) is 0 Å². The zero-order valence-electron chi connectivity index (χ0n) is 22.7. The maximum Gasteiger partial charge on any atom is 0.307 e. The van der Waals surface area contributed by atoms with E-state index in [-0.39, 0.29) is 36.8 Å². The zero-order valence-corrected chi connectivity index (χ0v) is 22.7. The first-order chi connectivity index (χ1) is 19.3. The summed E-state index contributed by atoms with van der Waals surface area (Å²) in [5, 5.41) is 3.62. The number of pyridine rings is 2. The summed E-state index contributed by atoms with van der Waals surface area (Å²) in [6.07, 6.45) is 4.51. The number of aromatic amines is 1. The Morgan fingerprint density at radius 1 is 1.12 bits per heavy atom.